The Morgan fingerprint density at radius 1 is 1.33 bits per heavy atom. The van der Waals surface area contributed by atoms with E-state index in [4.69, 9.17) is 0 Å². The van der Waals surface area contributed by atoms with E-state index in [0.29, 0.717) is 18.5 Å². The minimum atomic E-state index is -0.245. The zero-order chi connectivity index (χ0) is 16.7. The summed E-state index contributed by atoms with van der Waals surface area (Å²) in [7, 11) is 0. The maximum atomic E-state index is 12.4. The highest BCUT2D eigenvalue weighted by Crippen LogP contribution is 2.36. The van der Waals surface area contributed by atoms with Crippen LogP contribution in [0.4, 0.5) is 11.4 Å². The quantitative estimate of drug-likeness (QED) is 0.829. The van der Waals surface area contributed by atoms with Crippen molar-refractivity contribution < 1.29 is 9.59 Å². The molecule has 6 nitrogen and oxygen atoms in total. The maximum absolute atomic E-state index is 12.4. The number of pyridine rings is 1. The Morgan fingerprint density at radius 3 is 3.00 bits per heavy atom. The molecule has 2 aliphatic heterocycles. The van der Waals surface area contributed by atoms with Crippen molar-refractivity contribution in [1.29, 1.82) is 0 Å². The lowest BCUT2D eigenvalue weighted by atomic mass is 10.1. The number of aromatic nitrogens is 1. The van der Waals surface area contributed by atoms with Crippen LogP contribution >= 0.6 is 15.9 Å². The number of carbonyl (C=O) groups is 2. The van der Waals surface area contributed by atoms with Crippen molar-refractivity contribution in [3.05, 3.63) is 52.8 Å². The van der Waals surface area contributed by atoms with Crippen molar-refractivity contribution in [2.45, 2.75) is 18.5 Å². The Labute approximate surface area is 147 Å². The third-order valence-electron chi connectivity index (χ3n) is 4.38. The van der Waals surface area contributed by atoms with Crippen LogP contribution in [0.25, 0.3) is 0 Å². The molecule has 7 heteroatoms. The SMILES string of the molecule is O=C(NC1CC2C(=O)Nc3ccccc3N2C1)c1cncc(Br)c1. The van der Waals surface area contributed by atoms with E-state index in [1.807, 2.05) is 24.3 Å². The van der Waals surface area contributed by atoms with Crippen molar-refractivity contribution in [3.63, 3.8) is 0 Å². The summed E-state index contributed by atoms with van der Waals surface area (Å²) in [5.74, 6) is -0.197. The lowest BCUT2D eigenvalue weighted by molar-refractivity contribution is -0.117. The van der Waals surface area contributed by atoms with Crippen LogP contribution in [-0.2, 0) is 4.79 Å². The minimum absolute atomic E-state index is 0.0189. The van der Waals surface area contributed by atoms with Gasteiger partial charge in [0.15, 0.2) is 0 Å². The van der Waals surface area contributed by atoms with Crippen molar-refractivity contribution in [1.82, 2.24) is 10.3 Å². The molecule has 0 saturated carbocycles. The van der Waals surface area contributed by atoms with Crippen LogP contribution in [0.5, 0.6) is 0 Å². The van der Waals surface area contributed by atoms with Gasteiger partial charge in [-0.2, -0.15) is 0 Å². The largest absolute Gasteiger partial charge is 0.356 e. The molecule has 2 aromatic rings. The van der Waals surface area contributed by atoms with Crippen LogP contribution in [0, 0.1) is 0 Å². The predicted molar refractivity (Wildman–Crippen MR) is 94.0 cm³/mol. The van der Waals surface area contributed by atoms with E-state index in [2.05, 4.69) is 36.4 Å². The highest BCUT2D eigenvalue weighted by Gasteiger charge is 2.41. The molecule has 4 rings (SSSR count). The number of hydrogen-bond donors (Lipinski definition) is 2. The summed E-state index contributed by atoms with van der Waals surface area (Å²) in [6.45, 7) is 0.613. The van der Waals surface area contributed by atoms with Gasteiger partial charge in [-0.25, -0.2) is 0 Å². The Balaban J connectivity index is 1.52. The summed E-state index contributed by atoms with van der Waals surface area (Å²) in [4.78, 5) is 30.8. The summed E-state index contributed by atoms with van der Waals surface area (Å²) in [6, 6.07) is 9.13. The molecule has 1 saturated heterocycles. The van der Waals surface area contributed by atoms with Gasteiger partial charge in [-0.15, -0.1) is 0 Å². The minimum Gasteiger partial charge on any atom is -0.356 e. The first-order valence-corrected chi connectivity index (χ1v) is 8.49. The van der Waals surface area contributed by atoms with Crippen molar-refractivity contribution in [3.8, 4) is 0 Å². The number of rotatable bonds is 2. The third-order valence-corrected chi connectivity index (χ3v) is 4.81. The number of amides is 2. The molecular formula is C17H15BrN4O2. The van der Waals surface area contributed by atoms with E-state index >= 15 is 0 Å². The highest BCUT2D eigenvalue weighted by molar-refractivity contribution is 9.10. The van der Waals surface area contributed by atoms with Gasteiger partial charge in [-0.3, -0.25) is 14.6 Å². The summed E-state index contributed by atoms with van der Waals surface area (Å²) >= 11 is 3.32. The summed E-state index contributed by atoms with van der Waals surface area (Å²) in [5.41, 5.74) is 2.32. The Bertz CT molecular complexity index is 826. The normalized spacial score (nSPS) is 21.7. The lowest BCUT2D eigenvalue weighted by Crippen LogP contribution is -2.44. The van der Waals surface area contributed by atoms with E-state index < -0.39 is 0 Å². The number of fused-ring (bicyclic) bond motifs is 3. The number of para-hydroxylation sites is 2. The van der Waals surface area contributed by atoms with Crippen LogP contribution in [0.1, 0.15) is 16.8 Å². The lowest BCUT2D eigenvalue weighted by Gasteiger charge is -2.32. The van der Waals surface area contributed by atoms with Crippen LogP contribution < -0.4 is 15.5 Å². The van der Waals surface area contributed by atoms with Gasteiger partial charge in [-0.05, 0) is 40.5 Å². The monoisotopic (exact) mass is 386 g/mol. The molecular weight excluding hydrogens is 372 g/mol. The van der Waals surface area contributed by atoms with Gasteiger partial charge in [0.05, 0.1) is 16.9 Å². The highest BCUT2D eigenvalue weighted by atomic mass is 79.9. The number of carbonyl (C=O) groups excluding carboxylic acids is 2. The fourth-order valence-electron chi connectivity index (χ4n) is 3.31. The van der Waals surface area contributed by atoms with Gasteiger partial charge in [0.25, 0.3) is 5.91 Å². The molecule has 0 spiro atoms. The zero-order valence-electron chi connectivity index (χ0n) is 12.7. The molecule has 2 N–H and O–H groups in total. The number of nitrogens with one attached hydrogen (secondary N) is 2. The first kappa shape index (κ1) is 15.1. The van der Waals surface area contributed by atoms with E-state index in [0.717, 1.165) is 15.8 Å². The average Bonchev–Trinajstić information content (AvgIpc) is 2.99. The van der Waals surface area contributed by atoms with E-state index in [9.17, 15) is 9.59 Å². The Kier molecular flexibility index (Phi) is 3.72. The molecule has 3 heterocycles. The van der Waals surface area contributed by atoms with E-state index in [1.54, 1.807) is 12.3 Å². The van der Waals surface area contributed by atoms with E-state index in [-0.39, 0.29) is 23.9 Å². The zero-order valence-corrected chi connectivity index (χ0v) is 14.3. The molecule has 1 aromatic carbocycles. The van der Waals surface area contributed by atoms with Crippen LogP contribution in [-0.4, -0.2) is 35.4 Å². The van der Waals surface area contributed by atoms with Crippen LogP contribution in [0.2, 0.25) is 0 Å². The molecule has 2 unspecified atom stereocenters. The molecule has 2 aliphatic rings. The third kappa shape index (κ3) is 2.65. The second-order valence-electron chi connectivity index (χ2n) is 5.97. The van der Waals surface area contributed by atoms with Crippen molar-refractivity contribution in [2.24, 2.45) is 0 Å². The second-order valence-corrected chi connectivity index (χ2v) is 6.89. The summed E-state index contributed by atoms with van der Waals surface area (Å²) < 4.78 is 0.757. The smallest absolute Gasteiger partial charge is 0.253 e. The fraction of sp³-hybridized carbons (Fsp3) is 0.235. The number of benzene rings is 1. The number of nitrogens with zero attached hydrogens (tertiary/aromatic N) is 2. The second kappa shape index (κ2) is 5.90. The fourth-order valence-corrected chi connectivity index (χ4v) is 3.67. The molecule has 24 heavy (non-hydrogen) atoms. The number of hydrogen-bond acceptors (Lipinski definition) is 4. The molecule has 122 valence electrons. The first-order chi connectivity index (χ1) is 11.6. The van der Waals surface area contributed by atoms with E-state index in [1.165, 1.54) is 6.20 Å². The molecule has 1 fully saturated rings. The molecule has 1 aromatic heterocycles. The molecule has 2 amide bonds. The first-order valence-electron chi connectivity index (χ1n) is 7.70. The van der Waals surface area contributed by atoms with Gasteiger partial charge in [0.2, 0.25) is 5.91 Å². The van der Waals surface area contributed by atoms with Gasteiger partial charge < -0.3 is 15.5 Å². The predicted octanol–water partition coefficient (Wildman–Crippen LogP) is 2.17. The molecule has 0 aliphatic carbocycles. The van der Waals surface area contributed by atoms with Crippen LogP contribution in [0.15, 0.2) is 47.2 Å². The molecule has 0 bridgehead atoms. The Hall–Kier alpha value is -2.41. The van der Waals surface area contributed by atoms with Gasteiger partial charge in [-0.1, -0.05) is 12.1 Å². The Morgan fingerprint density at radius 2 is 2.17 bits per heavy atom. The van der Waals surface area contributed by atoms with Crippen LogP contribution in [0.3, 0.4) is 0 Å². The molecule has 0 radical (unpaired) electrons. The summed E-state index contributed by atoms with van der Waals surface area (Å²) in [5, 5.41) is 5.94. The number of halogens is 1. The van der Waals surface area contributed by atoms with Crippen molar-refractivity contribution >= 4 is 39.1 Å². The van der Waals surface area contributed by atoms with Gasteiger partial charge in [0, 0.05) is 29.5 Å². The number of anilines is 2. The standard InChI is InChI=1S/C17H15BrN4O2/c18-11-5-10(7-19-8-11)16(23)20-12-6-15-17(24)21-13-3-1-2-4-14(13)22(15)9-12/h1-5,7-8,12,15H,6,9H2,(H,20,23)(H,21,24). The topological polar surface area (TPSA) is 74.3 Å². The summed E-state index contributed by atoms with van der Waals surface area (Å²) in [6.07, 6.45) is 3.76. The van der Waals surface area contributed by atoms with Gasteiger partial charge in [0.1, 0.15) is 6.04 Å². The maximum Gasteiger partial charge on any atom is 0.253 e. The average molecular weight is 387 g/mol. The van der Waals surface area contributed by atoms with Crippen molar-refractivity contribution in [2.75, 3.05) is 16.8 Å². The van der Waals surface area contributed by atoms with Gasteiger partial charge >= 0.3 is 0 Å². The molecule has 2 atom stereocenters.